The molecule has 2 heterocycles. The normalized spacial score (nSPS) is 34.9. The van der Waals surface area contributed by atoms with E-state index < -0.39 is 0 Å². The third-order valence-electron chi connectivity index (χ3n) is 3.34. The highest BCUT2D eigenvalue weighted by Crippen LogP contribution is 2.27. The van der Waals surface area contributed by atoms with Crippen LogP contribution in [-0.4, -0.2) is 39.0 Å². The summed E-state index contributed by atoms with van der Waals surface area (Å²) in [5.74, 6) is 0. The van der Waals surface area contributed by atoms with Crippen molar-refractivity contribution in [3.63, 3.8) is 0 Å². The van der Waals surface area contributed by atoms with E-state index in [2.05, 4.69) is 12.2 Å². The summed E-state index contributed by atoms with van der Waals surface area (Å²) in [5, 5.41) is 3.64. The first-order valence-electron chi connectivity index (χ1n) is 5.67. The number of nitrogens with one attached hydrogen (secondary N) is 1. The fourth-order valence-corrected chi connectivity index (χ4v) is 2.14. The van der Waals surface area contributed by atoms with E-state index in [-0.39, 0.29) is 0 Å². The molecule has 82 valence electrons. The molecule has 0 saturated carbocycles. The first kappa shape index (κ1) is 10.4. The fraction of sp³-hybridized carbons (Fsp3) is 1.00. The second-order valence-electron chi connectivity index (χ2n) is 4.88. The minimum Gasteiger partial charge on any atom is -0.381 e. The van der Waals surface area contributed by atoms with E-state index in [0.29, 0.717) is 11.5 Å². The van der Waals surface area contributed by atoms with Crippen LogP contribution in [0.4, 0.5) is 0 Å². The molecule has 2 rings (SSSR count). The maximum absolute atomic E-state index is 5.44. The van der Waals surface area contributed by atoms with Gasteiger partial charge in [0, 0.05) is 37.8 Å². The summed E-state index contributed by atoms with van der Waals surface area (Å²) >= 11 is 0. The molecule has 0 spiro atoms. The van der Waals surface area contributed by atoms with Crippen LogP contribution in [0.15, 0.2) is 0 Å². The van der Waals surface area contributed by atoms with Crippen LogP contribution in [0, 0.1) is 5.41 Å². The van der Waals surface area contributed by atoms with E-state index in [0.717, 1.165) is 45.8 Å². The zero-order valence-electron chi connectivity index (χ0n) is 9.05. The van der Waals surface area contributed by atoms with Crippen LogP contribution in [-0.2, 0) is 9.47 Å². The van der Waals surface area contributed by atoms with Crippen molar-refractivity contribution >= 4 is 0 Å². The summed E-state index contributed by atoms with van der Waals surface area (Å²) in [6.45, 7) is 7.11. The number of rotatable bonds is 3. The van der Waals surface area contributed by atoms with Crippen LogP contribution in [0.25, 0.3) is 0 Å². The standard InChI is InChI=1S/C11H21NO2/c1-11(4-7-14-9-11)8-12-10-2-5-13-6-3-10/h10,12H,2-9H2,1H3. The Morgan fingerprint density at radius 1 is 1.21 bits per heavy atom. The third-order valence-corrected chi connectivity index (χ3v) is 3.34. The van der Waals surface area contributed by atoms with Gasteiger partial charge in [0.05, 0.1) is 6.61 Å². The van der Waals surface area contributed by atoms with Crippen molar-refractivity contribution in [3.05, 3.63) is 0 Å². The zero-order valence-corrected chi connectivity index (χ0v) is 9.05. The highest BCUT2D eigenvalue weighted by molar-refractivity contribution is 4.83. The van der Waals surface area contributed by atoms with E-state index >= 15 is 0 Å². The summed E-state index contributed by atoms with van der Waals surface area (Å²) in [4.78, 5) is 0. The van der Waals surface area contributed by atoms with Gasteiger partial charge in [0.1, 0.15) is 0 Å². The maximum atomic E-state index is 5.44. The van der Waals surface area contributed by atoms with Crippen LogP contribution < -0.4 is 5.32 Å². The quantitative estimate of drug-likeness (QED) is 0.740. The van der Waals surface area contributed by atoms with Crippen LogP contribution in [0.5, 0.6) is 0 Å². The highest BCUT2D eigenvalue weighted by atomic mass is 16.5. The largest absolute Gasteiger partial charge is 0.381 e. The zero-order chi connectivity index (χ0) is 9.86. The van der Waals surface area contributed by atoms with Crippen molar-refractivity contribution in [3.8, 4) is 0 Å². The van der Waals surface area contributed by atoms with Gasteiger partial charge in [-0.05, 0) is 19.3 Å². The van der Waals surface area contributed by atoms with Gasteiger partial charge >= 0.3 is 0 Å². The summed E-state index contributed by atoms with van der Waals surface area (Å²) in [6.07, 6.45) is 3.52. The van der Waals surface area contributed by atoms with Gasteiger partial charge in [-0.1, -0.05) is 6.92 Å². The second kappa shape index (κ2) is 4.60. The topological polar surface area (TPSA) is 30.5 Å². The molecule has 14 heavy (non-hydrogen) atoms. The number of ether oxygens (including phenoxy) is 2. The summed E-state index contributed by atoms with van der Waals surface area (Å²) < 4.78 is 10.8. The molecule has 0 aliphatic carbocycles. The van der Waals surface area contributed by atoms with Gasteiger partial charge in [0.15, 0.2) is 0 Å². The summed E-state index contributed by atoms with van der Waals surface area (Å²) in [5.41, 5.74) is 0.373. The van der Waals surface area contributed by atoms with Crippen molar-refractivity contribution < 1.29 is 9.47 Å². The van der Waals surface area contributed by atoms with Crippen molar-refractivity contribution in [2.45, 2.75) is 32.2 Å². The fourth-order valence-electron chi connectivity index (χ4n) is 2.14. The Bertz CT molecular complexity index is 172. The molecule has 0 amide bonds. The molecule has 3 nitrogen and oxygen atoms in total. The molecule has 0 aromatic heterocycles. The Hall–Kier alpha value is -0.120. The van der Waals surface area contributed by atoms with Crippen LogP contribution in [0.1, 0.15) is 26.2 Å². The SMILES string of the molecule is CC1(CNC2CCOCC2)CCOC1. The van der Waals surface area contributed by atoms with Crippen molar-refractivity contribution in [1.82, 2.24) is 5.32 Å². The average molecular weight is 199 g/mol. The van der Waals surface area contributed by atoms with Gasteiger partial charge in [0.25, 0.3) is 0 Å². The van der Waals surface area contributed by atoms with Crippen LogP contribution in [0.2, 0.25) is 0 Å². The molecule has 1 unspecified atom stereocenters. The molecule has 0 aromatic rings. The van der Waals surface area contributed by atoms with E-state index in [4.69, 9.17) is 9.47 Å². The van der Waals surface area contributed by atoms with Crippen molar-refractivity contribution in [1.29, 1.82) is 0 Å². The Morgan fingerprint density at radius 2 is 2.00 bits per heavy atom. The van der Waals surface area contributed by atoms with E-state index in [9.17, 15) is 0 Å². The Labute approximate surface area is 86.2 Å². The lowest BCUT2D eigenvalue weighted by Gasteiger charge is -2.28. The third kappa shape index (κ3) is 2.69. The molecule has 0 radical (unpaired) electrons. The molecule has 0 bridgehead atoms. The van der Waals surface area contributed by atoms with Gasteiger partial charge in [-0.15, -0.1) is 0 Å². The highest BCUT2D eigenvalue weighted by Gasteiger charge is 2.30. The average Bonchev–Trinajstić information content (AvgIpc) is 2.65. The first-order chi connectivity index (χ1) is 6.79. The minimum absolute atomic E-state index is 0.373. The lowest BCUT2D eigenvalue weighted by atomic mass is 9.89. The molecule has 3 heteroatoms. The predicted octanol–water partition coefficient (Wildman–Crippen LogP) is 1.18. The Balaban J connectivity index is 1.70. The van der Waals surface area contributed by atoms with Gasteiger partial charge < -0.3 is 14.8 Å². The molecule has 1 atom stereocenters. The number of hydrogen-bond acceptors (Lipinski definition) is 3. The maximum Gasteiger partial charge on any atom is 0.0532 e. The molecule has 2 saturated heterocycles. The monoisotopic (exact) mass is 199 g/mol. The molecule has 2 aliphatic rings. The summed E-state index contributed by atoms with van der Waals surface area (Å²) in [6, 6.07) is 0.668. The van der Waals surface area contributed by atoms with Crippen molar-refractivity contribution in [2.75, 3.05) is 33.0 Å². The molecule has 0 aromatic carbocycles. The van der Waals surface area contributed by atoms with Gasteiger partial charge in [-0.25, -0.2) is 0 Å². The van der Waals surface area contributed by atoms with E-state index in [1.165, 1.54) is 6.42 Å². The van der Waals surface area contributed by atoms with Crippen LogP contribution in [0.3, 0.4) is 0 Å². The smallest absolute Gasteiger partial charge is 0.0532 e. The van der Waals surface area contributed by atoms with Gasteiger partial charge in [-0.3, -0.25) is 0 Å². The Morgan fingerprint density at radius 3 is 2.64 bits per heavy atom. The first-order valence-corrected chi connectivity index (χ1v) is 5.67. The second-order valence-corrected chi connectivity index (χ2v) is 4.88. The Kier molecular flexibility index (Phi) is 3.42. The molecule has 2 fully saturated rings. The lowest BCUT2D eigenvalue weighted by Crippen LogP contribution is -2.41. The lowest BCUT2D eigenvalue weighted by molar-refractivity contribution is 0.0735. The van der Waals surface area contributed by atoms with E-state index in [1.807, 2.05) is 0 Å². The predicted molar refractivity (Wildman–Crippen MR) is 55.4 cm³/mol. The van der Waals surface area contributed by atoms with Crippen LogP contribution >= 0.6 is 0 Å². The van der Waals surface area contributed by atoms with Gasteiger partial charge in [-0.2, -0.15) is 0 Å². The van der Waals surface area contributed by atoms with Gasteiger partial charge in [0.2, 0.25) is 0 Å². The molecule has 2 aliphatic heterocycles. The summed E-state index contributed by atoms with van der Waals surface area (Å²) in [7, 11) is 0. The van der Waals surface area contributed by atoms with Crippen molar-refractivity contribution in [2.24, 2.45) is 5.41 Å². The molecular weight excluding hydrogens is 178 g/mol. The van der Waals surface area contributed by atoms with E-state index in [1.54, 1.807) is 0 Å². The molecular formula is C11H21NO2. The minimum atomic E-state index is 0.373. The molecule has 1 N–H and O–H groups in total. The number of hydrogen-bond donors (Lipinski definition) is 1.